The van der Waals surface area contributed by atoms with Crippen LogP contribution in [0.1, 0.15) is 45.4 Å². The van der Waals surface area contributed by atoms with Crippen molar-refractivity contribution in [1.82, 2.24) is 5.32 Å². The standard InChI is InChI=1S/C11H22N2O/c1-9(12)4-7-11(14)13-8-2-3-10-5-6-10/h9-10H,2-8,12H2,1H3,(H,13,14). The summed E-state index contributed by atoms with van der Waals surface area (Å²) in [6.45, 7) is 2.77. The van der Waals surface area contributed by atoms with E-state index in [1.54, 1.807) is 0 Å². The third-order valence-electron chi connectivity index (χ3n) is 2.63. The van der Waals surface area contributed by atoms with Gasteiger partial charge in [0.15, 0.2) is 0 Å². The maximum absolute atomic E-state index is 11.2. The molecule has 14 heavy (non-hydrogen) atoms. The maximum Gasteiger partial charge on any atom is 0.220 e. The van der Waals surface area contributed by atoms with Crippen molar-refractivity contribution in [3.63, 3.8) is 0 Å². The van der Waals surface area contributed by atoms with Crippen LogP contribution in [0, 0.1) is 5.92 Å². The first-order valence-corrected chi connectivity index (χ1v) is 5.70. The average molecular weight is 198 g/mol. The quantitative estimate of drug-likeness (QED) is 0.608. The van der Waals surface area contributed by atoms with Crippen molar-refractivity contribution >= 4 is 5.91 Å². The molecule has 1 saturated carbocycles. The molecule has 0 bridgehead atoms. The number of nitrogens with two attached hydrogens (primary N) is 1. The molecule has 0 radical (unpaired) electrons. The van der Waals surface area contributed by atoms with E-state index in [0.717, 1.165) is 25.3 Å². The number of nitrogens with one attached hydrogen (secondary N) is 1. The van der Waals surface area contributed by atoms with Gasteiger partial charge in [-0.3, -0.25) is 4.79 Å². The van der Waals surface area contributed by atoms with Gasteiger partial charge in [0.2, 0.25) is 5.91 Å². The van der Waals surface area contributed by atoms with Crippen molar-refractivity contribution in [3.8, 4) is 0 Å². The largest absolute Gasteiger partial charge is 0.356 e. The van der Waals surface area contributed by atoms with Crippen molar-refractivity contribution < 1.29 is 4.79 Å². The monoisotopic (exact) mass is 198 g/mol. The van der Waals surface area contributed by atoms with Crippen LogP contribution in [0.3, 0.4) is 0 Å². The summed E-state index contributed by atoms with van der Waals surface area (Å²) in [7, 11) is 0. The van der Waals surface area contributed by atoms with Crippen LogP contribution in [-0.4, -0.2) is 18.5 Å². The lowest BCUT2D eigenvalue weighted by molar-refractivity contribution is -0.121. The molecule has 0 aromatic rings. The van der Waals surface area contributed by atoms with E-state index in [2.05, 4.69) is 5.32 Å². The van der Waals surface area contributed by atoms with Crippen LogP contribution in [0.4, 0.5) is 0 Å². The molecule has 3 heteroatoms. The molecule has 0 spiro atoms. The predicted octanol–water partition coefficient (Wildman–Crippen LogP) is 1.42. The second kappa shape index (κ2) is 6.02. The fourth-order valence-corrected chi connectivity index (χ4v) is 1.47. The van der Waals surface area contributed by atoms with Crippen LogP contribution in [-0.2, 0) is 4.79 Å². The molecule has 0 heterocycles. The Labute approximate surface area is 86.4 Å². The SMILES string of the molecule is CC(N)CCC(=O)NCCCC1CC1. The zero-order valence-electron chi connectivity index (χ0n) is 9.09. The molecule has 1 atom stereocenters. The Morgan fingerprint density at radius 2 is 2.29 bits per heavy atom. The summed E-state index contributed by atoms with van der Waals surface area (Å²) < 4.78 is 0. The van der Waals surface area contributed by atoms with E-state index in [-0.39, 0.29) is 11.9 Å². The van der Waals surface area contributed by atoms with Crippen molar-refractivity contribution in [2.24, 2.45) is 11.7 Å². The first-order chi connectivity index (χ1) is 6.68. The highest BCUT2D eigenvalue weighted by Crippen LogP contribution is 2.33. The summed E-state index contributed by atoms with van der Waals surface area (Å²) in [4.78, 5) is 11.2. The average Bonchev–Trinajstić information content (AvgIpc) is 2.92. The Morgan fingerprint density at radius 3 is 2.86 bits per heavy atom. The number of rotatable bonds is 7. The lowest BCUT2D eigenvalue weighted by Crippen LogP contribution is -2.26. The Bertz CT molecular complexity index is 176. The summed E-state index contributed by atoms with van der Waals surface area (Å²) in [5.74, 6) is 1.12. The number of hydrogen-bond acceptors (Lipinski definition) is 2. The highest BCUT2D eigenvalue weighted by Gasteiger charge is 2.19. The van der Waals surface area contributed by atoms with Crippen LogP contribution in [0.25, 0.3) is 0 Å². The second-order valence-electron chi connectivity index (χ2n) is 4.45. The van der Waals surface area contributed by atoms with Gasteiger partial charge < -0.3 is 11.1 Å². The van der Waals surface area contributed by atoms with Crippen LogP contribution < -0.4 is 11.1 Å². The number of amides is 1. The molecule has 1 unspecified atom stereocenters. The van der Waals surface area contributed by atoms with Gasteiger partial charge in [-0.25, -0.2) is 0 Å². The zero-order chi connectivity index (χ0) is 10.4. The zero-order valence-corrected chi connectivity index (χ0v) is 9.09. The van der Waals surface area contributed by atoms with Gasteiger partial charge in [-0.15, -0.1) is 0 Å². The Kier molecular flexibility index (Phi) is 4.94. The van der Waals surface area contributed by atoms with Gasteiger partial charge in [-0.1, -0.05) is 12.8 Å². The van der Waals surface area contributed by atoms with Crippen molar-refractivity contribution in [2.45, 2.75) is 51.5 Å². The van der Waals surface area contributed by atoms with E-state index < -0.39 is 0 Å². The molecular weight excluding hydrogens is 176 g/mol. The van der Waals surface area contributed by atoms with Gasteiger partial charge in [0.25, 0.3) is 0 Å². The predicted molar refractivity (Wildman–Crippen MR) is 57.9 cm³/mol. The smallest absolute Gasteiger partial charge is 0.220 e. The van der Waals surface area contributed by atoms with Gasteiger partial charge in [0.05, 0.1) is 0 Å². The summed E-state index contributed by atoms with van der Waals surface area (Å²) in [6.07, 6.45) is 6.58. The molecule has 0 aromatic heterocycles. The van der Waals surface area contributed by atoms with Gasteiger partial charge in [-0.2, -0.15) is 0 Å². The summed E-state index contributed by atoms with van der Waals surface area (Å²) in [6, 6.07) is 0.132. The molecule has 0 aliphatic heterocycles. The molecule has 1 aliphatic rings. The Hall–Kier alpha value is -0.570. The second-order valence-corrected chi connectivity index (χ2v) is 4.45. The first-order valence-electron chi connectivity index (χ1n) is 5.70. The fourth-order valence-electron chi connectivity index (χ4n) is 1.47. The van der Waals surface area contributed by atoms with E-state index >= 15 is 0 Å². The highest BCUT2D eigenvalue weighted by molar-refractivity contribution is 5.75. The van der Waals surface area contributed by atoms with Crippen molar-refractivity contribution in [3.05, 3.63) is 0 Å². The van der Waals surface area contributed by atoms with Gasteiger partial charge in [0, 0.05) is 19.0 Å². The van der Waals surface area contributed by atoms with Crippen LogP contribution in [0.5, 0.6) is 0 Å². The molecule has 3 nitrogen and oxygen atoms in total. The molecular formula is C11H22N2O. The van der Waals surface area contributed by atoms with E-state index in [1.807, 2.05) is 6.92 Å². The van der Waals surface area contributed by atoms with Crippen molar-refractivity contribution in [2.75, 3.05) is 6.54 Å². The minimum atomic E-state index is 0.132. The molecule has 0 aromatic carbocycles. The molecule has 82 valence electrons. The van der Waals surface area contributed by atoms with E-state index in [9.17, 15) is 4.79 Å². The van der Waals surface area contributed by atoms with Crippen molar-refractivity contribution in [1.29, 1.82) is 0 Å². The fraction of sp³-hybridized carbons (Fsp3) is 0.909. The van der Waals surface area contributed by atoms with Crippen LogP contribution in [0.15, 0.2) is 0 Å². The van der Waals surface area contributed by atoms with E-state index in [1.165, 1.54) is 19.3 Å². The Morgan fingerprint density at radius 1 is 1.57 bits per heavy atom. The van der Waals surface area contributed by atoms with E-state index in [4.69, 9.17) is 5.73 Å². The lowest BCUT2D eigenvalue weighted by atomic mass is 10.2. The number of hydrogen-bond donors (Lipinski definition) is 2. The minimum Gasteiger partial charge on any atom is -0.356 e. The molecule has 1 fully saturated rings. The van der Waals surface area contributed by atoms with Crippen LogP contribution in [0.2, 0.25) is 0 Å². The molecule has 3 N–H and O–H groups in total. The lowest BCUT2D eigenvalue weighted by Gasteiger charge is -2.06. The topological polar surface area (TPSA) is 55.1 Å². The van der Waals surface area contributed by atoms with Gasteiger partial charge in [-0.05, 0) is 32.1 Å². The maximum atomic E-state index is 11.2. The molecule has 1 amide bonds. The summed E-state index contributed by atoms with van der Waals surface area (Å²) in [5, 5.41) is 2.93. The summed E-state index contributed by atoms with van der Waals surface area (Å²) >= 11 is 0. The first kappa shape index (κ1) is 11.5. The van der Waals surface area contributed by atoms with Gasteiger partial charge in [0.1, 0.15) is 0 Å². The molecule has 1 rings (SSSR count). The summed E-state index contributed by atoms with van der Waals surface area (Å²) in [5.41, 5.74) is 5.56. The molecule has 1 aliphatic carbocycles. The molecule has 0 saturated heterocycles. The van der Waals surface area contributed by atoms with Crippen LogP contribution >= 0.6 is 0 Å². The normalized spacial score (nSPS) is 17.9. The number of carbonyl (C=O) groups excluding carboxylic acids is 1. The highest BCUT2D eigenvalue weighted by atomic mass is 16.1. The van der Waals surface area contributed by atoms with E-state index in [0.29, 0.717) is 6.42 Å². The minimum absolute atomic E-state index is 0.132. The third kappa shape index (κ3) is 5.97. The number of carbonyl (C=O) groups is 1. The van der Waals surface area contributed by atoms with Gasteiger partial charge >= 0.3 is 0 Å². The third-order valence-corrected chi connectivity index (χ3v) is 2.63. The Balaban J connectivity index is 1.86.